The number of methoxy groups -OCH3 is 2. The van der Waals surface area contributed by atoms with Gasteiger partial charge in [-0.05, 0) is 47.2 Å². The predicted octanol–water partition coefficient (Wildman–Crippen LogP) is 3.41. The zero-order chi connectivity index (χ0) is 24.3. The second kappa shape index (κ2) is 9.24. The zero-order valence-corrected chi connectivity index (χ0v) is 19.0. The van der Waals surface area contributed by atoms with E-state index in [9.17, 15) is 18.3 Å². The molecule has 10 nitrogen and oxygen atoms in total. The number of aromatic nitrogens is 2. The molecule has 1 amide bonds. The van der Waals surface area contributed by atoms with Crippen LogP contribution in [0.2, 0.25) is 0 Å². The molecular formula is C23H20N4O6S. The van der Waals surface area contributed by atoms with Crippen LogP contribution in [0, 0.1) is 0 Å². The highest BCUT2D eigenvalue weighted by atomic mass is 32.2. The van der Waals surface area contributed by atoms with E-state index in [2.05, 4.69) is 20.0 Å². The minimum atomic E-state index is -4.00. The topological polar surface area (TPSA) is 140 Å². The molecule has 4 aromatic rings. The summed E-state index contributed by atoms with van der Waals surface area (Å²) >= 11 is 0. The van der Waals surface area contributed by atoms with Gasteiger partial charge in [-0.1, -0.05) is 24.3 Å². The summed E-state index contributed by atoms with van der Waals surface area (Å²) in [6, 6.07) is 17.2. The number of carbonyl (C=O) groups excluding carboxylic acids is 1. The van der Waals surface area contributed by atoms with Gasteiger partial charge in [-0.2, -0.15) is 9.97 Å². The number of sulfonamides is 1. The summed E-state index contributed by atoms with van der Waals surface area (Å²) in [5.41, 5.74) is 0.450. The second-order valence-electron chi connectivity index (χ2n) is 7.08. The Morgan fingerprint density at radius 2 is 1.59 bits per heavy atom. The molecule has 1 aromatic heterocycles. The van der Waals surface area contributed by atoms with E-state index >= 15 is 0 Å². The van der Waals surface area contributed by atoms with Crippen molar-refractivity contribution in [3.63, 3.8) is 0 Å². The van der Waals surface area contributed by atoms with E-state index in [-0.39, 0.29) is 33.9 Å². The van der Waals surface area contributed by atoms with Crippen LogP contribution in [-0.4, -0.2) is 43.6 Å². The summed E-state index contributed by atoms with van der Waals surface area (Å²) in [5.74, 6) is -0.597. The van der Waals surface area contributed by atoms with Crippen molar-refractivity contribution in [2.75, 3.05) is 24.3 Å². The Morgan fingerprint density at radius 1 is 0.912 bits per heavy atom. The minimum absolute atomic E-state index is 0.0344. The molecule has 11 heteroatoms. The lowest BCUT2D eigenvalue weighted by Gasteiger charge is -2.11. The third-order valence-electron chi connectivity index (χ3n) is 4.84. The number of fused-ring (bicyclic) bond motifs is 1. The molecule has 0 atom stereocenters. The highest BCUT2D eigenvalue weighted by Gasteiger charge is 2.18. The van der Waals surface area contributed by atoms with Crippen LogP contribution < -0.4 is 19.5 Å². The molecule has 0 radical (unpaired) electrons. The maximum absolute atomic E-state index is 12.8. The van der Waals surface area contributed by atoms with E-state index in [1.165, 1.54) is 50.6 Å². The van der Waals surface area contributed by atoms with Crippen LogP contribution in [0.5, 0.6) is 17.6 Å². The van der Waals surface area contributed by atoms with Crippen molar-refractivity contribution in [3.8, 4) is 17.6 Å². The predicted molar refractivity (Wildman–Crippen MR) is 126 cm³/mol. The molecule has 0 unspecified atom stereocenters. The van der Waals surface area contributed by atoms with Gasteiger partial charge in [0.25, 0.3) is 15.9 Å². The Bertz CT molecular complexity index is 1450. The van der Waals surface area contributed by atoms with Crippen molar-refractivity contribution < 1.29 is 27.8 Å². The van der Waals surface area contributed by atoms with Crippen molar-refractivity contribution in [3.05, 3.63) is 72.3 Å². The lowest BCUT2D eigenvalue weighted by atomic mass is 10.1. The first-order chi connectivity index (χ1) is 16.3. The molecule has 0 aliphatic heterocycles. The van der Waals surface area contributed by atoms with Crippen molar-refractivity contribution in [1.82, 2.24) is 9.97 Å². The fraction of sp³-hybridized carbons (Fsp3) is 0.0870. The standard InChI is InChI=1S/C23H20N4O6S/c1-32-21-13-20(25-23(26-21)33-2)27-34(30,31)17-9-7-16(8-10-17)24-22(29)18-11-14-5-3-4-6-15(14)12-19(18)28/h3-13,28H,1-2H3,(H,24,29)(H,25,26,27). The molecule has 4 rings (SSSR count). The number of nitrogens with zero attached hydrogens (tertiary/aromatic N) is 2. The molecule has 0 aliphatic rings. The normalized spacial score (nSPS) is 11.1. The Labute approximate surface area is 195 Å². The van der Waals surface area contributed by atoms with Gasteiger partial charge in [0.05, 0.1) is 24.7 Å². The van der Waals surface area contributed by atoms with Crippen molar-refractivity contribution in [1.29, 1.82) is 0 Å². The van der Waals surface area contributed by atoms with Crippen molar-refractivity contribution >= 4 is 38.2 Å². The third kappa shape index (κ3) is 4.84. The first kappa shape index (κ1) is 22.8. The maximum Gasteiger partial charge on any atom is 0.321 e. The molecular weight excluding hydrogens is 460 g/mol. The number of nitrogens with one attached hydrogen (secondary N) is 2. The van der Waals surface area contributed by atoms with Gasteiger partial charge >= 0.3 is 6.01 Å². The van der Waals surface area contributed by atoms with Crippen LogP contribution in [-0.2, 0) is 10.0 Å². The molecule has 3 N–H and O–H groups in total. The largest absolute Gasteiger partial charge is 0.507 e. The Morgan fingerprint density at radius 3 is 2.24 bits per heavy atom. The highest BCUT2D eigenvalue weighted by molar-refractivity contribution is 7.92. The first-order valence-corrected chi connectivity index (χ1v) is 11.4. The molecule has 0 saturated heterocycles. The minimum Gasteiger partial charge on any atom is -0.507 e. The average molecular weight is 481 g/mol. The molecule has 0 aliphatic carbocycles. The fourth-order valence-electron chi connectivity index (χ4n) is 3.17. The van der Waals surface area contributed by atoms with E-state index < -0.39 is 15.9 Å². The number of benzene rings is 3. The number of phenolic OH excluding ortho intramolecular Hbond substituents is 1. The smallest absolute Gasteiger partial charge is 0.321 e. The number of ether oxygens (including phenoxy) is 2. The van der Waals surface area contributed by atoms with Gasteiger partial charge in [-0.3, -0.25) is 9.52 Å². The van der Waals surface area contributed by atoms with Crippen molar-refractivity contribution in [2.24, 2.45) is 0 Å². The number of carbonyl (C=O) groups is 1. The summed E-state index contributed by atoms with van der Waals surface area (Å²) in [6.45, 7) is 0. The maximum atomic E-state index is 12.8. The Kier molecular flexibility index (Phi) is 6.19. The number of aromatic hydroxyl groups is 1. The summed E-state index contributed by atoms with van der Waals surface area (Å²) in [4.78, 5) is 20.5. The molecule has 0 saturated carbocycles. The number of anilines is 2. The van der Waals surface area contributed by atoms with Gasteiger partial charge in [-0.25, -0.2) is 8.42 Å². The monoisotopic (exact) mass is 480 g/mol. The molecule has 0 fully saturated rings. The lowest BCUT2D eigenvalue weighted by Crippen LogP contribution is -2.15. The van der Waals surface area contributed by atoms with E-state index in [0.29, 0.717) is 5.69 Å². The van der Waals surface area contributed by atoms with E-state index in [1.807, 2.05) is 24.3 Å². The third-order valence-corrected chi connectivity index (χ3v) is 6.21. The molecule has 174 valence electrons. The van der Waals surface area contributed by atoms with Gasteiger partial charge in [0.2, 0.25) is 5.88 Å². The SMILES string of the molecule is COc1cc(NS(=O)(=O)c2ccc(NC(=O)c3cc4ccccc4cc3O)cc2)nc(OC)n1. The van der Waals surface area contributed by atoms with Crippen LogP contribution in [0.15, 0.2) is 71.6 Å². The van der Waals surface area contributed by atoms with Gasteiger partial charge in [0.1, 0.15) is 5.75 Å². The summed E-state index contributed by atoms with van der Waals surface area (Å²) in [5, 5.41) is 14.5. The summed E-state index contributed by atoms with van der Waals surface area (Å²) in [7, 11) is -1.27. The first-order valence-electron chi connectivity index (χ1n) is 9.92. The summed E-state index contributed by atoms with van der Waals surface area (Å²) < 4.78 is 37.8. The van der Waals surface area contributed by atoms with E-state index in [1.54, 1.807) is 6.07 Å². The van der Waals surface area contributed by atoms with E-state index in [4.69, 9.17) is 9.47 Å². The number of amides is 1. The fourth-order valence-corrected chi connectivity index (χ4v) is 4.17. The van der Waals surface area contributed by atoms with Crippen LogP contribution >= 0.6 is 0 Å². The second-order valence-corrected chi connectivity index (χ2v) is 8.77. The van der Waals surface area contributed by atoms with Gasteiger partial charge < -0.3 is 19.9 Å². The van der Waals surface area contributed by atoms with Gasteiger partial charge in [0, 0.05) is 11.8 Å². The molecule has 1 heterocycles. The van der Waals surface area contributed by atoms with Crippen LogP contribution in [0.3, 0.4) is 0 Å². The molecule has 3 aromatic carbocycles. The Balaban J connectivity index is 1.52. The molecule has 0 spiro atoms. The van der Waals surface area contributed by atoms with Gasteiger partial charge in [-0.15, -0.1) is 0 Å². The van der Waals surface area contributed by atoms with Gasteiger partial charge in [0.15, 0.2) is 5.82 Å². The number of rotatable bonds is 7. The van der Waals surface area contributed by atoms with Crippen LogP contribution in [0.4, 0.5) is 11.5 Å². The number of hydrogen-bond acceptors (Lipinski definition) is 8. The summed E-state index contributed by atoms with van der Waals surface area (Å²) in [6.07, 6.45) is 0. The lowest BCUT2D eigenvalue weighted by molar-refractivity contribution is 0.102. The van der Waals surface area contributed by atoms with Crippen LogP contribution in [0.25, 0.3) is 10.8 Å². The quantitative estimate of drug-likeness (QED) is 0.366. The number of phenols is 1. The molecule has 34 heavy (non-hydrogen) atoms. The van der Waals surface area contributed by atoms with E-state index in [0.717, 1.165) is 10.8 Å². The number of hydrogen-bond donors (Lipinski definition) is 3. The molecule has 0 bridgehead atoms. The Hall–Kier alpha value is -4.38. The average Bonchev–Trinajstić information content (AvgIpc) is 2.83. The highest BCUT2D eigenvalue weighted by Crippen LogP contribution is 2.26. The van der Waals surface area contributed by atoms with Crippen molar-refractivity contribution in [2.45, 2.75) is 4.90 Å². The van der Waals surface area contributed by atoms with Crippen LogP contribution in [0.1, 0.15) is 10.4 Å². The zero-order valence-electron chi connectivity index (χ0n) is 18.1.